The monoisotopic (exact) mass is 512 g/mol. The minimum Gasteiger partial charge on any atom is -0.507 e. The molecule has 4 fully saturated rings. The maximum absolute atomic E-state index is 12.8. The van der Waals surface area contributed by atoms with Gasteiger partial charge in [-0.05, 0) is 91.6 Å². The minimum atomic E-state index is -1.19. The molecule has 2 aliphatic heterocycles. The van der Waals surface area contributed by atoms with Gasteiger partial charge in [0.25, 0.3) is 5.91 Å². The van der Waals surface area contributed by atoms with Crippen molar-refractivity contribution < 1.29 is 29.7 Å². The number of aliphatic hydroxyl groups is 3. The molecular formula is C29H40N2O6. The fourth-order valence-electron chi connectivity index (χ4n) is 8.51. The van der Waals surface area contributed by atoms with Crippen molar-refractivity contribution in [1.29, 1.82) is 0 Å². The molecule has 11 atom stereocenters. The Morgan fingerprint density at radius 2 is 1.78 bits per heavy atom. The van der Waals surface area contributed by atoms with Crippen LogP contribution in [0.5, 0.6) is 0 Å². The first-order valence-electron chi connectivity index (χ1n) is 14.0. The molecule has 5 rings (SSSR count). The second-order valence-corrected chi connectivity index (χ2v) is 11.9. The molecule has 202 valence electrons. The van der Waals surface area contributed by atoms with Gasteiger partial charge >= 0.3 is 0 Å². The van der Waals surface area contributed by atoms with E-state index in [2.05, 4.69) is 24.5 Å². The van der Waals surface area contributed by atoms with Crippen molar-refractivity contribution in [2.75, 3.05) is 6.54 Å². The van der Waals surface area contributed by atoms with Crippen LogP contribution in [0, 0.1) is 47.3 Å². The molecule has 3 saturated carbocycles. The van der Waals surface area contributed by atoms with Gasteiger partial charge in [-0.1, -0.05) is 32.4 Å². The summed E-state index contributed by atoms with van der Waals surface area (Å²) in [5.74, 6) is 1.03. The summed E-state index contributed by atoms with van der Waals surface area (Å²) in [5.41, 5.74) is -0.350. The van der Waals surface area contributed by atoms with Gasteiger partial charge in [0, 0.05) is 6.54 Å². The van der Waals surface area contributed by atoms with Gasteiger partial charge < -0.3 is 26.0 Å². The van der Waals surface area contributed by atoms with E-state index >= 15 is 0 Å². The topological polar surface area (TPSA) is 136 Å². The highest BCUT2D eigenvalue weighted by atomic mass is 16.3. The van der Waals surface area contributed by atoms with Crippen LogP contribution < -0.4 is 10.6 Å². The third kappa shape index (κ3) is 4.67. The number of allylic oxidation sites excluding steroid dienone is 3. The van der Waals surface area contributed by atoms with E-state index in [0.29, 0.717) is 42.4 Å². The van der Waals surface area contributed by atoms with Gasteiger partial charge in [0.2, 0.25) is 5.91 Å². The summed E-state index contributed by atoms with van der Waals surface area (Å²) in [6, 6.07) is -1.16. The molecule has 5 aliphatic rings. The molecule has 5 N–H and O–H groups in total. The zero-order valence-electron chi connectivity index (χ0n) is 21.7. The number of aliphatic hydroxyl groups excluding tert-OH is 3. The van der Waals surface area contributed by atoms with Crippen molar-refractivity contribution in [2.24, 2.45) is 47.3 Å². The van der Waals surface area contributed by atoms with Crippen molar-refractivity contribution >= 4 is 17.6 Å². The largest absolute Gasteiger partial charge is 0.507 e. The second kappa shape index (κ2) is 10.4. The normalized spacial score (nSPS) is 48.0. The van der Waals surface area contributed by atoms with E-state index in [4.69, 9.17) is 0 Å². The molecule has 0 aromatic carbocycles. The Kier molecular flexibility index (Phi) is 7.33. The molecular weight excluding hydrogens is 472 g/mol. The van der Waals surface area contributed by atoms with Gasteiger partial charge in [-0.3, -0.25) is 14.4 Å². The number of hydrogen-bond acceptors (Lipinski definition) is 6. The van der Waals surface area contributed by atoms with E-state index in [1.165, 1.54) is 25.0 Å². The van der Waals surface area contributed by atoms with E-state index in [1.807, 2.05) is 12.2 Å². The van der Waals surface area contributed by atoms with E-state index in [0.717, 1.165) is 6.42 Å². The van der Waals surface area contributed by atoms with Crippen LogP contribution >= 0.6 is 0 Å². The molecule has 0 radical (unpaired) electrons. The Labute approximate surface area is 218 Å². The van der Waals surface area contributed by atoms with Crippen LogP contribution in [-0.2, 0) is 14.4 Å². The molecule has 2 amide bonds. The van der Waals surface area contributed by atoms with Gasteiger partial charge in [0.05, 0.1) is 12.2 Å². The maximum Gasteiger partial charge on any atom is 0.259 e. The number of hydrogen-bond donors (Lipinski definition) is 5. The van der Waals surface area contributed by atoms with E-state index in [-0.39, 0.29) is 42.2 Å². The zero-order valence-corrected chi connectivity index (χ0v) is 21.7. The van der Waals surface area contributed by atoms with Crippen LogP contribution in [-0.4, -0.2) is 57.7 Å². The lowest BCUT2D eigenvalue weighted by atomic mass is 9.62. The number of nitrogens with one attached hydrogen (secondary N) is 2. The summed E-state index contributed by atoms with van der Waals surface area (Å²) >= 11 is 0. The Balaban J connectivity index is 1.47. The third-order valence-corrected chi connectivity index (χ3v) is 10.2. The van der Waals surface area contributed by atoms with Crippen LogP contribution in [0.15, 0.2) is 35.6 Å². The highest BCUT2D eigenvalue weighted by molar-refractivity contribution is 6.27. The number of ketones is 1. The Bertz CT molecular complexity index is 1030. The molecule has 8 nitrogen and oxygen atoms in total. The highest BCUT2D eigenvalue weighted by Crippen LogP contribution is 2.62. The molecule has 3 aliphatic carbocycles. The molecule has 0 aromatic heterocycles. The van der Waals surface area contributed by atoms with Crippen molar-refractivity contribution in [1.82, 2.24) is 10.6 Å². The molecule has 1 saturated heterocycles. The van der Waals surface area contributed by atoms with Gasteiger partial charge in [-0.2, -0.15) is 0 Å². The molecule has 2 heterocycles. The lowest BCUT2D eigenvalue weighted by Gasteiger charge is -2.44. The van der Waals surface area contributed by atoms with Gasteiger partial charge in [0.1, 0.15) is 17.4 Å². The average molecular weight is 513 g/mol. The number of carbonyl (C=O) groups excluding carboxylic acids is 3. The molecule has 2 bridgehead atoms. The quantitative estimate of drug-likeness (QED) is 0.342. The first-order chi connectivity index (χ1) is 17.7. The summed E-state index contributed by atoms with van der Waals surface area (Å²) in [7, 11) is 0. The summed E-state index contributed by atoms with van der Waals surface area (Å²) in [4.78, 5) is 37.7. The summed E-state index contributed by atoms with van der Waals surface area (Å²) in [6.07, 6.45) is 9.79. The van der Waals surface area contributed by atoms with Crippen LogP contribution in [0.2, 0.25) is 0 Å². The van der Waals surface area contributed by atoms with Gasteiger partial charge in [-0.15, -0.1) is 0 Å². The Morgan fingerprint density at radius 1 is 1.00 bits per heavy atom. The van der Waals surface area contributed by atoms with Crippen LogP contribution in [0.3, 0.4) is 0 Å². The predicted molar refractivity (Wildman–Crippen MR) is 137 cm³/mol. The number of Topliss-reactive ketones (excluding diaryl/α,β-unsaturated/α-hetero) is 1. The molecule has 8 heteroatoms. The van der Waals surface area contributed by atoms with E-state index in [9.17, 15) is 29.7 Å². The lowest BCUT2D eigenvalue weighted by molar-refractivity contribution is -0.118. The molecule has 37 heavy (non-hydrogen) atoms. The van der Waals surface area contributed by atoms with Crippen LogP contribution in [0.1, 0.15) is 52.4 Å². The zero-order chi connectivity index (χ0) is 26.4. The number of carbonyl (C=O) groups is 3. The maximum atomic E-state index is 12.8. The molecule has 0 aromatic rings. The lowest BCUT2D eigenvalue weighted by Crippen LogP contribution is -2.43. The van der Waals surface area contributed by atoms with Gasteiger partial charge in [-0.25, -0.2) is 0 Å². The Morgan fingerprint density at radius 3 is 2.54 bits per heavy atom. The SMILES string of the molecule is CC[C@H]1C[C@H]2C[C@@H]3[C@H]4C/C=C\C(=O)NCC[C@@H](O)[C@@H]5NC(=O)/C(=C(O)/C=C/[C@@H]4CC(O)[C@H]3[C@@H]2[C@H]1C)C5=O. The second-order valence-electron chi connectivity index (χ2n) is 11.9. The number of fused-ring (bicyclic) bond motifs is 7. The fraction of sp³-hybridized carbons (Fsp3) is 0.690. The minimum absolute atomic E-state index is 0.0725. The fourth-order valence-corrected chi connectivity index (χ4v) is 8.51. The van der Waals surface area contributed by atoms with Crippen molar-refractivity contribution in [3.63, 3.8) is 0 Å². The summed E-state index contributed by atoms with van der Waals surface area (Å²) in [5, 5.41) is 37.7. The summed E-state index contributed by atoms with van der Waals surface area (Å²) in [6.45, 7) is 4.76. The summed E-state index contributed by atoms with van der Waals surface area (Å²) < 4.78 is 0. The molecule has 0 spiro atoms. The predicted octanol–water partition coefficient (Wildman–Crippen LogP) is 2.18. The van der Waals surface area contributed by atoms with Crippen molar-refractivity contribution in [3.8, 4) is 0 Å². The van der Waals surface area contributed by atoms with E-state index in [1.54, 1.807) is 0 Å². The third-order valence-electron chi connectivity index (χ3n) is 10.2. The van der Waals surface area contributed by atoms with Crippen molar-refractivity contribution in [3.05, 3.63) is 35.6 Å². The van der Waals surface area contributed by atoms with E-state index < -0.39 is 35.7 Å². The smallest absolute Gasteiger partial charge is 0.259 e. The standard InChI is InChI=1S/C29H40N2O6/c1-3-15-11-17-12-19-18-5-4-6-23(35)30-10-9-21(33)27-28(36)26(29(37)31-27)20(32)8-7-16(18)13-22(34)25(19)24(17)14(15)2/h4,6-8,14-19,21-22,24-25,27,32-34H,3,5,9-13H2,1-2H3,(H,30,35)(H,31,37)/b6-4-,8-7+,26-20-/t14-,15-,16+,17-,18-,19+,21+,22?,24+,25-,27-/m0/s1. The Hall–Kier alpha value is -2.45. The average Bonchev–Trinajstić information content (AvgIpc) is 3.48. The number of amides is 2. The highest BCUT2D eigenvalue weighted by Gasteiger charge is 2.58. The van der Waals surface area contributed by atoms with Crippen LogP contribution in [0.25, 0.3) is 0 Å². The number of rotatable bonds is 1. The van der Waals surface area contributed by atoms with Crippen molar-refractivity contribution in [2.45, 2.75) is 70.6 Å². The van der Waals surface area contributed by atoms with Crippen LogP contribution in [0.4, 0.5) is 0 Å². The first kappa shape index (κ1) is 26.2. The first-order valence-corrected chi connectivity index (χ1v) is 14.0. The molecule has 1 unspecified atom stereocenters. The van der Waals surface area contributed by atoms with Gasteiger partial charge in [0.15, 0.2) is 5.78 Å².